The smallest absolute Gasteiger partial charge is 0.312 e. The van der Waals surface area contributed by atoms with Crippen molar-refractivity contribution in [3.8, 4) is 0 Å². The number of carbonyl (C=O) groups is 3. The highest BCUT2D eigenvalue weighted by Gasteiger charge is 2.55. The lowest BCUT2D eigenvalue weighted by atomic mass is 9.51. The molecule has 1 aromatic carbocycles. The van der Waals surface area contributed by atoms with Crippen molar-refractivity contribution in [2.45, 2.75) is 65.0 Å². The van der Waals surface area contributed by atoms with E-state index in [0.29, 0.717) is 12.3 Å². The zero-order chi connectivity index (χ0) is 26.9. The van der Waals surface area contributed by atoms with Gasteiger partial charge in [-0.2, -0.15) is 5.10 Å². The van der Waals surface area contributed by atoms with Gasteiger partial charge in [-0.15, -0.1) is 0 Å². The number of rotatable bonds is 8. The minimum absolute atomic E-state index is 0.0878. The molecule has 3 aliphatic rings. The Bertz CT molecular complexity index is 1340. The lowest BCUT2D eigenvalue weighted by Crippen LogP contribution is -2.55. The Morgan fingerprint density at radius 1 is 1.05 bits per heavy atom. The maximum Gasteiger partial charge on any atom is 0.312 e. The van der Waals surface area contributed by atoms with E-state index < -0.39 is 5.91 Å². The molecule has 0 spiro atoms. The summed E-state index contributed by atoms with van der Waals surface area (Å²) in [6, 6.07) is 8.78. The molecule has 200 valence electrons. The molecule has 2 bridgehead atoms. The van der Waals surface area contributed by atoms with E-state index in [9.17, 15) is 18.8 Å². The lowest BCUT2D eigenvalue weighted by Gasteiger charge is -2.54. The Morgan fingerprint density at radius 3 is 2.39 bits per heavy atom. The van der Waals surface area contributed by atoms with Crippen LogP contribution >= 0.6 is 0 Å². The van der Waals surface area contributed by atoms with Crippen LogP contribution in [0, 0.1) is 16.6 Å². The molecule has 1 unspecified atom stereocenters. The first-order valence-electron chi connectivity index (χ1n) is 13.1. The number of esters is 1. The molecule has 6 rings (SSSR count). The van der Waals surface area contributed by atoms with Crippen molar-refractivity contribution in [2.24, 2.45) is 10.8 Å². The molecule has 0 radical (unpaired) electrons. The third kappa shape index (κ3) is 4.75. The van der Waals surface area contributed by atoms with Gasteiger partial charge in [-0.3, -0.25) is 14.4 Å². The van der Waals surface area contributed by atoms with Crippen molar-refractivity contribution in [3.05, 3.63) is 65.4 Å². The normalized spacial score (nSPS) is 23.1. The second kappa shape index (κ2) is 10.2. The summed E-state index contributed by atoms with van der Waals surface area (Å²) in [5.74, 6) is -1.23. The molecule has 9 nitrogen and oxygen atoms in total. The molecule has 3 fully saturated rings. The molecule has 2 aromatic heterocycles. The van der Waals surface area contributed by atoms with Crippen molar-refractivity contribution in [3.63, 3.8) is 0 Å². The van der Waals surface area contributed by atoms with Crippen LogP contribution in [0.3, 0.4) is 0 Å². The summed E-state index contributed by atoms with van der Waals surface area (Å²) in [6.07, 6.45) is 6.36. The predicted octanol–water partition coefficient (Wildman–Crippen LogP) is 3.82. The number of nitrogens with zero attached hydrogens (tertiary/aromatic N) is 3. The monoisotopic (exact) mass is 521 g/mol. The molecule has 2 amide bonds. The Hall–Kier alpha value is -3.82. The minimum Gasteiger partial charge on any atom is -0.466 e. The molecule has 2 N–H and O–H groups in total. The Labute approximate surface area is 220 Å². The number of nitrogens with one attached hydrogen (secondary N) is 2. The van der Waals surface area contributed by atoms with Gasteiger partial charge in [0.05, 0.1) is 18.2 Å². The molecule has 0 aliphatic heterocycles. The number of carbonyl (C=O) groups excluding carboxylic acids is 3. The summed E-state index contributed by atoms with van der Waals surface area (Å²) in [6.45, 7) is 4.43. The van der Waals surface area contributed by atoms with Crippen LogP contribution in [0.2, 0.25) is 0 Å². The number of fused-ring (bicyclic) bond motifs is 4. The summed E-state index contributed by atoms with van der Waals surface area (Å²) in [5.41, 5.74) is 0.945. The fourth-order valence-corrected chi connectivity index (χ4v) is 5.94. The number of halogens is 1. The van der Waals surface area contributed by atoms with Gasteiger partial charge < -0.3 is 15.4 Å². The van der Waals surface area contributed by atoms with Crippen molar-refractivity contribution < 1.29 is 23.5 Å². The predicted molar refractivity (Wildman–Crippen MR) is 137 cm³/mol. The summed E-state index contributed by atoms with van der Waals surface area (Å²) in [4.78, 5) is 43.3. The second-order valence-electron chi connectivity index (χ2n) is 10.5. The Kier molecular flexibility index (Phi) is 6.90. The van der Waals surface area contributed by atoms with E-state index in [1.807, 2.05) is 13.8 Å². The van der Waals surface area contributed by atoms with Crippen LogP contribution in [0.25, 0.3) is 5.65 Å². The molecule has 38 heavy (non-hydrogen) atoms. The van der Waals surface area contributed by atoms with E-state index in [1.54, 1.807) is 18.2 Å². The summed E-state index contributed by atoms with van der Waals surface area (Å²) in [5, 5.41) is 10.1. The molecular formula is C28H32FN5O4. The largest absolute Gasteiger partial charge is 0.466 e. The summed E-state index contributed by atoms with van der Waals surface area (Å²) >= 11 is 0. The van der Waals surface area contributed by atoms with Crippen LogP contribution in [0.5, 0.6) is 0 Å². The average Bonchev–Trinajstić information content (AvgIpc) is 3.42. The van der Waals surface area contributed by atoms with Crippen LogP contribution < -0.4 is 10.6 Å². The Balaban J connectivity index is 1.29. The average molecular weight is 522 g/mol. The van der Waals surface area contributed by atoms with E-state index in [0.717, 1.165) is 44.1 Å². The van der Waals surface area contributed by atoms with Gasteiger partial charge in [0, 0.05) is 24.7 Å². The highest BCUT2D eigenvalue weighted by Crippen LogP contribution is 2.58. The number of amides is 2. The number of hydrogen-bond acceptors (Lipinski definition) is 6. The highest BCUT2D eigenvalue weighted by molar-refractivity contribution is 5.98. The number of aromatic nitrogens is 3. The molecule has 3 aromatic rings. The zero-order valence-electron chi connectivity index (χ0n) is 21.6. The van der Waals surface area contributed by atoms with Crippen LogP contribution in [-0.2, 0) is 16.1 Å². The first-order chi connectivity index (χ1) is 18.2. The van der Waals surface area contributed by atoms with Crippen molar-refractivity contribution in [1.82, 2.24) is 25.2 Å². The van der Waals surface area contributed by atoms with Crippen LogP contribution in [-0.4, -0.2) is 45.0 Å². The van der Waals surface area contributed by atoms with Crippen molar-refractivity contribution in [1.29, 1.82) is 0 Å². The van der Waals surface area contributed by atoms with E-state index in [1.165, 1.54) is 28.9 Å². The van der Waals surface area contributed by atoms with E-state index in [2.05, 4.69) is 20.7 Å². The maximum atomic E-state index is 13.5. The van der Waals surface area contributed by atoms with Gasteiger partial charge in [-0.25, -0.2) is 13.9 Å². The van der Waals surface area contributed by atoms with Gasteiger partial charge in [-0.05, 0) is 75.5 Å². The second-order valence-corrected chi connectivity index (χ2v) is 10.5. The molecule has 3 saturated carbocycles. The van der Waals surface area contributed by atoms with Gasteiger partial charge in [0.25, 0.3) is 11.8 Å². The lowest BCUT2D eigenvalue weighted by molar-refractivity contribution is -0.166. The first kappa shape index (κ1) is 25.8. The van der Waals surface area contributed by atoms with Crippen LogP contribution in [0.1, 0.15) is 78.9 Å². The molecule has 1 atom stereocenters. The summed E-state index contributed by atoms with van der Waals surface area (Å²) < 4.78 is 19.9. The topological polar surface area (TPSA) is 115 Å². The van der Waals surface area contributed by atoms with E-state index in [-0.39, 0.29) is 52.5 Å². The van der Waals surface area contributed by atoms with Gasteiger partial charge in [0.1, 0.15) is 17.2 Å². The quantitative estimate of drug-likeness (QED) is 0.436. The van der Waals surface area contributed by atoms with Gasteiger partial charge >= 0.3 is 5.97 Å². The minimum atomic E-state index is -0.450. The van der Waals surface area contributed by atoms with Crippen molar-refractivity contribution >= 4 is 23.4 Å². The first-order valence-corrected chi connectivity index (χ1v) is 13.1. The van der Waals surface area contributed by atoms with Gasteiger partial charge in [0.15, 0.2) is 5.65 Å². The number of benzene rings is 1. The molecule has 10 heteroatoms. The van der Waals surface area contributed by atoms with Crippen molar-refractivity contribution in [2.75, 3.05) is 6.61 Å². The molecule has 3 aliphatic carbocycles. The van der Waals surface area contributed by atoms with Crippen LogP contribution in [0.15, 0.2) is 42.6 Å². The van der Waals surface area contributed by atoms with Gasteiger partial charge in [0.2, 0.25) is 0 Å². The summed E-state index contributed by atoms with van der Waals surface area (Å²) in [7, 11) is 0. The van der Waals surface area contributed by atoms with E-state index in [4.69, 9.17) is 4.74 Å². The molecular weight excluding hydrogens is 489 g/mol. The fraction of sp³-hybridized carbons (Fsp3) is 0.464. The third-order valence-electron chi connectivity index (χ3n) is 8.47. The molecule has 0 saturated heterocycles. The SMILES string of the molecule is CCOC(=O)C12CCC(C(C)NC(=O)c3cc(C(=O)NCc4ccc(F)cc4)nc4ccnn34)(CC1)CC2. The maximum absolute atomic E-state index is 13.5. The standard InChI is InChI=1S/C28H32FN5O4/c1-3-38-26(37)28-12-9-27(10-13-28,11-14-28)18(2)32-25(36)22-16-21(33-23-8-15-31-34(22)23)24(35)30-17-19-4-6-20(29)7-5-19/h4-8,15-16,18H,3,9-14,17H2,1-2H3,(H,30,35)(H,32,36). The number of hydrogen-bond donors (Lipinski definition) is 2. The molecule has 2 heterocycles. The fourth-order valence-electron chi connectivity index (χ4n) is 5.94. The zero-order valence-corrected chi connectivity index (χ0v) is 21.6. The Morgan fingerprint density at radius 2 is 1.74 bits per heavy atom. The van der Waals surface area contributed by atoms with Crippen LogP contribution in [0.4, 0.5) is 4.39 Å². The number of ether oxygens (including phenoxy) is 1. The third-order valence-corrected chi connectivity index (χ3v) is 8.47. The van der Waals surface area contributed by atoms with Gasteiger partial charge in [-0.1, -0.05) is 12.1 Å². The highest BCUT2D eigenvalue weighted by atomic mass is 19.1. The van der Waals surface area contributed by atoms with E-state index >= 15 is 0 Å².